The van der Waals surface area contributed by atoms with Crippen LogP contribution in [0.1, 0.15) is 149 Å². The molecule has 0 heterocycles. The number of ether oxygens (including phenoxy) is 2. The van der Waals surface area contributed by atoms with Crippen LogP contribution in [0.25, 0.3) is 0 Å². The molecule has 0 unspecified atom stereocenters. The maximum absolute atomic E-state index is 11.8. The molecule has 0 bridgehead atoms. The lowest BCUT2D eigenvalue weighted by Gasteiger charge is -2.27. The molecular formula is C31H56O6. The number of unbranched alkanes of at least 4 members (excludes halogenated alkanes) is 19. The third kappa shape index (κ3) is 22.1. The lowest BCUT2D eigenvalue weighted by Crippen LogP contribution is -2.40. The minimum Gasteiger partial charge on any atom is -0.396 e. The fourth-order valence-electron chi connectivity index (χ4n) is 4.23. The first-order valence-electron chi connectivity index (χ1n) is 14.8. The van der Waals surface area contributed by atoms with Crippen molar-refractivity contribution in [3.8, 4) is 0 Å². The van der Waals surface area contributed by atoms with E-state index >= 15 is 0 Å². The van der Waals surface area contributed by atoms with Gasteiger partial charge in [-0.1, -0.05) is 129 Å². The second-order valence-electron chi connectivity index (χ2n) is 10.6. The van der Waals surface area contributed by atoms with Gasteiger partial charge in [0.05, 0.1) is 6.42 Å². The van der Waals surface area contributed by atoms with E-state index in [0.717, 1.165) is 25.7 Å². The van der Waals surface area contributed by atoms with Crippen molar-refractivity contribution in [2.45, 2.75) is 155 Å². The first kappa shape index (κ1) is 35.3. The van der Waals surface area contributed by atoms with Crippen molar-refractivity contribution in [1.82, 2.24) is 0 Å². The third-order valence-corrected chi connectivity index (χ3v) is 6.60. The Balaban J connectivity index is 3.65. The molecule has 6 heteroatoms. The van der Waals surface area contributed by atoms with Crippen LogP contribution >= 0.6 is 0 Å². The van der Waals surface area contributed by atoms with Crippen molar-refractivity contribution in [3.05, 3.63) is 24.3 Å². The molecule has 0 atom stereocenters. The van der Waals surface area contributed by atoms with Crippen molar-refractivity contribution >= 4 is 11.9 Å². The van der Waals surface area contributed by atoms with Gasteiger partial charge in [0.15, 0.2) is 0 Å². The second-order valence-corrected chi connectivity index (χ2v) is 10.6. The van der Waals surface area contributed by atoms with Crippen LogP contribution in [0.4, 0.5) is 0 Å². The Kier molecular flexibility index (Phi) is 22.4. The third-order valence-electron chi connectivity index (χ3n) is 6.60. The van der Waals surface area contributed by atoms with E-state index in [-0.39, 0.29) is 17.6 Å². The van der Waals surface area contributed by atoms with E-state index in [1.165, 1.54) is 110 Å². The number of hydrogen-bond donors (Lipinski definition) is 2. The minimum atomic E-state index is -2.28. The molecule has 0 amide bonds. The van der Waals surface area contributed by atoms with Gasteiger partial charge in [0.25, 0.3) is 0 Å². The van der Waals surface area contributed by atoms with Crippen LogP contribution in [0.5, 0.6) is 0 Å². The molecule has 0 radical (unpaired) electrons. The Hall–Kier alpha value is -1.66. The molecule has 0 saturated carbocycles. The first-order chi connectivity index (χ1) is 17.7. The van der Waals surface area contributed by atoms with Crippen LogP contribution in [0.15, 0.2) is 24.3 Å². The SMILES string of the molecule is C=C(C)C(=O)OC(O)(CCCCCCCCCCCCCCCCCCCCCCO)OC(=O)C(=C)C. The summed E-state index contributed by atoms with van der Waals surface area (Å²) in [5.41, 5.74) is 0.246. The highest BCUT2D eigenvalue weighted by Gasteiger charge is 2.36. The highest BCUT2D eigenvalue weighted by Crippen LogP contribution is 2.22. The van der Waals surface area contributed by atoms with E-state index in [2.05, 4.69) is 13.2 Å². The fourth-order valence-corrected chi connectivity index (χ4v) is 4.23. The molecule has 0 spiro atoms. The Labute approximate surface area is 226 Å². The molecule has 0 aliphatic carbocycles. The maximum atomic E-state index is 11.8. The van der Waals surface area contributed by atoms with Gasteiger partial charge in [-0.25, -0.2) is 9.59 Å². The smallest absolute Gasteiger partial charge is 0.373 e. The molecule has 37 heavy (non-hydrogen) atoms. The lowest BCUT2D eigenvalue weighted by atomic mass is 10.0. The highest BCUT2D eigenvalue weighted by molar-refractivity contribution is 5.88. The van der Waals surface area contributed by atoms with Gasteiger partial charge < -0.3 is 19.7 Å². The molecule has 0 saturated heterocycles. The van der Waals surface area contributed by atoms with Crippen LogP contribution in [-0.2, 0) is 19.1 Å². The van der Waals surface area contributed by atoms with Gasteiger partial charge in [-0.15, -0.1) is 0 Å². The Morgan fingerprint density at radius 3 is 1.03 bits per heavy atom. The number of hydrogen-bond acceptors (Lipinski definition) is 6. The molecule has 2 N–H and O–H groups in total. The number of esters is 2. The number of carbonyl (C=O) groups is 2. The molecule has 0 aromatic rings. The second kappa shape index (κ2) is 23.5. The van der Waals surface area contributed by atoms with Gasteiger partial charge in [0, 0.05) is 17.8 Å². The van der Waals surface area contributed by atoms with Gasteiger partial charge in [-0.2, -0.15) is 0 Å². The zero-order chi connectivity index (χ0) is 27.8. The molecule has 6 nitrogen and oxygen atoms in total. The van der Waals surface area contributed by atoms with Crippen molar-refractivity contribution in [1.29, 1.82) is 0 Å². The topological polar surface area (TPSA) is 93.1 Å². The first-order valence-corrected chi connectivity index (χ1v) is 14.8. The van der Waals surface area contributed by atoms with E-state index in [9.17, 15) is 14.7 Å². The zero-order valence-electron chi connectivity index (χ0n) is 24.0. The van der Waals surface area contributed by atoms with E-state index < -0.39 is 17.9 Å². The van der Waals surface area contributed by atoms with Gasteiger partial charge in [0.1, 0.15) is 0 Å². The molecule has 0 aromatic heterocycles. The summed E-state index contributed by atoms with van der Waals surface area (Å²) in [4.78, 5) is 23.7. The average Bonchev–Trinajstić information content (AvgIpc) is 2.84. The van der Waals surface area contributed by atoms with Crippen molar-refractivity contribution in [2.75, 3.05) is 6.61 Å². The molecule has 0 aromatic carbocycles. The average molecular weight is 525 g/mol. The summed E-state index contributed by atoms with van der Waals surface area (Å²) in [5, 5.41) is 19.3. The quantitative estimate of drug-likeness (QED) is 0.0514. The maximum Gasteiger partial charge on any atom is 0.373 e. The molecule has 216 valence electrons. The zero-order valence-corrected chi connectivity index (χ0v) is 24.0. The monoisotopic (exact) mass is 524 g/mol. The summed E-state index contributed by atoms with van der Waals surface area (Å²) in [6.07, 6.45) is 24.3. The summed E-state index contributed by atoms with van der Waals surface area (Å²) in [5.74, 6) is -3.88. The molecule has 0 rings (SSSR count). The van der Waals surface area contributed by atoms with Crippen molar-refractivity contribution in [2.24, 2.45) is 0 Å². The van der Waals surface area contributed by atoms with Crippen LogP contribution in [0.3, 0.4) is 0 Å². The van der Waals surface area contributed by atoms with Gasteiger partial charge >= 0.3 is 17.9 Å². The Morgan fingerprint density at radius 1 is 0.541 bits per heavy atom. The fraction of sp³-hybridized carbons (Fsp3) is 0.806. The van der Waals surface area contributed by atoms with Gasteiger partial charge in [0.2, 0.25) is 0 Å². The van der Waals surface area contributed by atoms with E-state index in [0.29, 0.717) is 13.0 Å². The van der Waals surface area contributed by atoms with Crippen LogP contribution in [0.2, 0.25) is 0 Å². The summed E-state index contributed by atoms with van der Waals surface area (Å²) < 4.78 is 9.98. The Morgan fingerprint density at radius 2 is 0.784 bits per heavy atom. The minimum absolute atomic E-state index is 0.0243. The molecule has 0 fully saturated rings. The summed E-state index contributed by atoms with van der Waals surface area (Å²) in [7, 11) is 0. The van der Waals surface area contributed by atoms with Crippen LogP contribution < -0.4 is 0 Å². The summed E-state index contributed by atoms with van der Waals surface area (Å²) in [6.45, 7) is 10.3. The largest absolute Gasteiger partial charge is 0.396 e. The summed E-state index contributed by atoms with van der Waals surface area (Å²) in [6, 6.07) is 0. The van der Waals surface area contributed by atoms with Gasteiger partial charge in [-0.3, -0.25) is 0 Å². The highest BCUT2D eigenvalue weighted by atomic mass is 16.8. The van der Waals surface area contributed by atoms with E-state index in [1.807, 2.05) is 0 Å². The number of rotatable bonds is 26. The van der Waals surface area contributed by atoms with Crippen molar-refractivity contribution < 1.29 is 29.3 Å². The predicted molar refractivity (Wildman–Crippen MR) is 151 cm³/mol. The molecule has 0 aliphatic heterocycles. The number of aliphatic hydroxyl groups excluding tert-OH is 1. The Bertz CT molecular complexity index is 599. The standard InChI is InChI=1S/C31H56O6/c1-27(2)29(33)36-31(35,37-30(34)28(3)4)25-23-21-19-17-15-13-11-9-7-5-6-8-10-12-14-16-18-20-22-24-26-32/h32,35H,1,3,5-26H2,2,4H3. The molecular weight excluding hydrogens is 468 g/mol. The lowest BCUT2D eigenvalue weighted by molar-refractivity contribution is -0.325. The summed E-state index contributed by atoms with van der Waals surface area (Å²) >= 11 is 0. The van der Waals surface area contributed by atoms with Gasteiger partial charge in [-0.05, 0) is 26.7 Å². The van der Waals surface area contributed by atoms with Crippen LogP contribution in [0, 0.1) is 0 Å². The normalized spacial score (nSPS) is 11.4. The molecule has 0 aliphatic rings. The number of aliphatic hydroxyl groups is 2. The predicted octanol–water partition coefficient (Wildman–Crippen LogP) is 8.06. The van der Waals surface area contributed by atoms with E-state index in [4.69, 9.17) is 14.6 Å². The van der Waals surface area contributed by atoms with Crippen molar-refractivity contribution in [3.63, 3.8) is 0 Å². The van der Waals surface area contributed by atoms with Crippen LogP contribution in [-0.4, -0.2) is 34.7 Å². The number of carbonyl (C=O) groups excluding carboxylic acids is 2. The van der Waals surface area contributed by atoms with E-state index in [1.54, 1.807) is 0 Å².